The maximum absolute atomic E-state index is 13.3. The molecule has 0 aliphatic heterocycles. The molecule has 21 heavy (non-hydrogen) atoms. The van der Waals surface area contributed by atoms with Crippen LogP contribution < -0.4 is 0 Å². The van der Waals surface area contributed by atoms with Crippen LogP contribution in [-0.2, 0) is 0 Å². The molecule has 2 nitrogen and oxygen atoms in total. The van der Waals surface area contributed by atoms with Crippen LogP contribution in [0.2, 0.25) is 5.02 Å². The van der Waals surface area contributed by atoms with Crippen molar-refractivity contribution in [1.82, 2.24) is 0 Å². The minimum absolute atomic E-state index is 0.0228. The van der Waals surface area contributed by atoms with Crippen molar-refractivity contribution in [1.29, 1.82) is 5.26 Å². The Morgan fingerprint density at radius 2 is 1.90 bits per heavy atom. The van der Waals surface area contributed by atoms with Gasteiger partial charge in [-0.1, -0.05) is 33.6 Å². The van der Waals surface area contributed by atoms with Crippen molar-refractivity contribution in [2.24, 2.45) is 0 Å². The predicted molar refractivity (Wildman–Crippen MR) is 78.2 cm³/mol. The lowest BCUT2D eigenvalue weighted by molar-refractivity contribution is 0.0978. The molecule has 0 amide bonds. The third kappa shape index (κ3) is 3.46. The molecule has 0 spiro atoms. The fourth-order valence-corrected chi connectivity index (χ4v) is 2.61. The molecular weight excluding hydrogens is 364 g/mol. The third-order valence-corrected chi connectivity index (χ3v) is 3.60. The molecule has 0 fully saturated rings. The van der Waals surface area contributed by atoms with E-state index in [1.165, 1.54) is 18.2 Å². The Labute approximate surface area is 133 Å². The highest BCUT2D eigenvalue weighted by atomic mass is 79.9. The lowest BCUT2D eigenvalue weighted by Gasteiger charge is -2.11. The van der Waals surface area contributed by atoms with Gasteiger partial charge >= 0.3 is 0 Å². The van der Waals surface area contributed by atoms with E-state index in [0.29, 0.717) is 4.47 Å². The van der Waals surface area contributed by atoms with Crippen LogP contribution in [0, 0.1) is 23.0 Å². The molecule has 0 aliphatic carbocycles. The molecule has 0 saturated carbocycles. The van der Waals surface area contributed by atoms with E-state index in [1.54, 1.807) is 0 Å². The van der Waals surface area contributed by atoms with E-state index in [-0.39, 0.29) is 16.1 Å². The molecule has 1 unspecified atom stereocenters. The Hall–Kier alpha value is -1.77. The Balaban J connectivity index is 2.46. The van der Waals surface area contributed by atoms with Crippen LogP contribution in [0.3, 0.4) is 0 Å². The smallest absolute Gasteiger partial charge is 0.184 e. The molecule has 0 N–H and O–H groups in total. The lowest BCUT2D eigenvalue weighted by atomic mass is 9.92. The second-order valence-electron chi connectivity index (χ2n) is 4.25. The Bertz CT molecular complexity index is 738. The van der Waals surface area contributed by atoms with E-state index in [2.05, 4.69) is 15.9 Å². The van der Waals surface area contributed by atoms with Crippen molar-refractivity contribution in [3.8, 4) is 6.07 Å². The van der Waals surface area contributed by atoms with Gasteiger partial charge in [-0.05, 0) is 35.9 Å². The standard InChI is InChI=1S/C15H7BrClF2NO/c16-9-3-8(4-11(19)5-9)15(21)13(7-20)12-2-1-10(18)6-14(12)17/h1-6,13H. The molecule has 0 aliphatic rings. The molecule has 0 aromatic heterocycles. The van der Waals surface area contributed by atoms with Crippen molar-refractivity contribution in [2.45, 2.75) is 5.92 Å². The number of halogens is 4. The average molecular weight is 371 g/mol. The van der Waals surface area contributed by atoms with Gasteiger partial charge in [-0.2, -0.15) is 5.26 Å². The van der Waals surface area contributed by atoms with Crippen LogP contribution in [0.4, 0.5) is 8.78 Å². The molecule has 0 radical (unpaired) electrons. The maximum atomic E-state index is 13.3. The topological polar surface area (TPSA) is 40.9 Å². The summed E-state index contributed by atoms with van der Waals surface area (Å²) >= 11 is 8.95. The van der Waals surface area contributed by atoms with E-state index in [4.69, 9.17) is 11.6 Å². The van der Waals surface area contributed by atoms with Crippen molar-refractivity contribution < 1.29 is 13.6 Å². The predicted octanol–water partition coefficient (Wildman–Crippen LogP) is 4.87. The normalized spacial score (nSPS) is 11.8. The number of Topliss-reactive ketones (excluding diaryl/α,β-unsaturated/α-hetero) is 1. The van der Waals surface area contributed by atoms with Gasteiger partial charge in [0.1, 0.15) is 17.6 Å². The zero-order valence-corrected chi connectivity index (χ0v) is 12.8. The first kappa shape index (κ1) is 15.6. The third-order valence-electron chi connectivity index (χ3n) is 2.81. The first-order valence-electron chi connectivity index (χ1n) is 5.77. The molecule has 2 aromatic rings. The number of nitriles is 1. The lowest BCUT2D eigenvalue weighted by Crippen LogP contribution is -2.12. The van der Waals surface area contributed by atoms with Gasteiger partial charge in [0.05, 0.1) is 6.07 Å². The SMILES string of the molecule is N#CC(C(=O)c1cc(F)cc(Br)c1)c1ccc(F)cc1Cl. The number of rotatable bonds is 3. The first-order chi connectivity index (χ1) is 9.92. The van der Waals surface area contributed by atoms with Crippen LogP contribution >= 0.6 is 27.5 Å². The van der Waals surface area contributed by atoms with Crippen LogP contribution in [0.5, 0.6) is 0 Å². The molecule has 2 rings (SSSR count). The highest BCUT2D eigenvalue weighted by molar-refractivity contribution is 9.10. The van der Waals surface area contributed by atoms with Crippen LogP contribution in [0.25, 0.3) is 0 Å². The Morgan fingerprint density at radius 1 is 1.19 bits per heavy atom. The fourth-order valence-electron chi connectivity index (χ4n) is 1.87. The summed E-state index contributed by atoms with van der Waals surface area (Å²) in [5.41, 5.74) is 0.222. The zero-order chi connectivity index (χ0) is 15.6. The van der Waals surface area contributed by atoms with E-state index in [9.17, 15) is 18.8 Å². The summed E-state index contributed by atoms with van der Waals surface area (Å²) in [7, 11) is 0. The monoisotopic (exact) mass is 369 g/mol. The van der Waals surface area contributed by atoms with Gasteiger partial charge in [0.15, 0.2) is 5.78 Å². The second-order valence-corrected chi connectivity index (χ2v) is 5.57. The highest BCUT2D eigenvalue weighted by Crippen LogP contribution is 2.29. The summed E-state index contributed by atoms with van der Waals surface area (Å²) in [5, 5.41) is 9.19. The summed E-state index contributed by atoms with van der Waals surface area (Å²) < 4.78 is 26.8. The number of carbonyl (C=O) groups excluding carboxylic acids is 1. The van der Waals surface area contributed by atoms with Gasteiger partial charge in [-0.3, -0.25) is 4.79 Å². The summed E-state index contributed by atoms with van der Waals surface area (Å²) in [6.07, 6.45) is 0. The quantitative estimate of drug-likeness (QED) is 0.723. The summed E-state index contributed by atoms with van der Waals surface area (Å²) in [4.78, 5) is 12.4. The minimum Gasteiger partial charge on any atom is -0.292 e. The first-order valence-corrected chi connectivity index (χ1v) is 6.94. The number of hydrogen-bond donors (Lipinski definition) is 0. The highest BCUT2D eigenvalue weighted by Gasteiger charge is 2.25. The fraction of sp³-hybridized carbons (Fsp3) is 0.0667. The second kappa shape index (κ2) is 6.33. The van der Waals surface area contributed by atoms with E-state index >= 15 is 0 Å². The molecular formula is C15H7BrClF2NO. The zero-order valence-electron chi connectivity index (χ0n) is 10.4. The molecule has 0 heterocycles. The van der Waals surface area contributed by atoms with Gasteiger partial charge in [0.2, 0.25) is 0 Å². The number of hydrogen-bond acceptors (Lipinski definition) is 2. The van der Waals surface area contributed by atoms with Crippen molar-refractivity contribution in [2.75, 3.05) is 0 Å². The molecule has 2 aromatic carbocycles. The summed E-state index contributed by atoms with van der Waals surface area (Å²) in [5.74, 6) is -3.01. The number of benzene rings is 2. The van der Waals surface area contributed by atoms with Crippen LogP contribution in [0.15, 0.2) is 40.9 Å². The number of nitrogens with zero attached hydrogens (tertiary/aromatic N) is 1. The molecule has 0 saturated heterocycles. The summed E-state index contributed by atoms with van der Waals surface area (Å²) in [6.45, 7) is 0. The molecule has 0 bridgehead atoms. The van der Waals surface area contributed by atoms with Crippen molar-refractivity contribution in [3.63, 3.8) is 0 Å². The molecule has 1 atom stereocenters. The molecule has 6 heteroatoms. The van der Waals surface area contributed by atoms with Gasteiger partial charge < -0.3 is 0 Å². The number of ketones is 1. The van der Waals surface area contributed by atoms with E-state index < -0.39 is 23.3 Å². The van der Waals surface area contributed by atoms with Gasteiger partial charge in [0.25, 0.3) is 0 Å². The number of carbonyl (C=O) groups is 1. The van der Waals surface area contributed by atoms with Gasteiger partial charge in [-0.25, -0.2) is 8.78 Å². The summed E-state index contributed by atoms with van der Waals surface area (Å²) in [6, 6.07) is 8.88. The molecule has 106 valence electrons. The van der Waals surface area contributed by atoms with E-state index in [1.807, 2.05) is 6.07 Å². The van der Waals surface area contributed by atoms with Crippen LogP contribution in [0.1, 0.15) is 21.8 Å². The van der Waals surface area contributed by atoms with Crippen molar-refractivity contribution in [3.05, 3.63) is 68.7 Å². The van der Waals surface area contributed by atoms with Crippen molar-refractivity contribution >= 4 is 33.3 Å². The Kier molecular flexibility index (Phi) is 4.71. The van der Waals surface area contributed by atoms with Crippen LogP contribution in [-0.4, -0.2) is 5.78 Å². The Morgan fingerprint density at radius 3 is 2.48 bits per heavy atom. The maximum Gasteiger partial charge on any atom is 0.184 e. The largest absolute Gasteiger partial charge is 0.292 e. The average Bonchev–Trinajstić information content (AvgIpc) is 2.40. The van der Waals surface area contributed by atoms with Gasteiger partial charge in [0, 0.05) is 15.1 Å². The van der Waals surface area contributed by atoms with E-state index in [0.717, 1.165) is 18.2 Å². The minimum atomic E-state index is -1.23. The van der Waals surface area contributed by atoms with Gasteiger partial charge in [-0.15, -0.1) is 0 Å².